The summed E-state index contributed by atoms with van der Waals surface area (Å²) < 4.78 is 21.6. The molecule has 1 aromatic heterocycles. The molecule has 0 amide bonds. The van der Waals surface area contributed by atoms with Gasteiger partial charge in [0, 0.05) is 56.9 Å². The number of rotatable bonds is 10. The minimum Gasteiger partial charge on any atom is -0.494 e. The highest BCUT2D eigenvalue weighted by atomic mass is 19.1. The maximum absolute atomic E-state index is 14.3. The maximum Gasteiger partial charge on any atom is 0.198 e. The topological polar surface area (TPSA) is 73.1 Å². The van der Waals surface area contributed by atoms with Crippen LogP contribution in [0.4, 0.5) is 10.1 Å². The molecule has 2 aromatic rings. The third-order valence-electron chi connectivity index (χ3n) is 6.15. The highest BCUT2D eigenvalue weighted by molar-refractivity contribution is 5.59. The Bertz CT molecular complexity index is 905. The van der Waals surface area contributed by atoms with Crippen molar-refractivity contribution in [2.45, 2.75) is 58.3 Å². The molecule has 3 N–H and O–H groups in total. The highest BCUT2D eigenvalue weighted by Crippen LogP contribution is 2.33. The van der Waals surface area contributed by atoms with Crippen LogP contribution in [0.1, 0.15) is 38.7 Å². The molecule has 2 heterocycles. The molecule has 1 saturated heterocycles. The van der Waals surface area contributed by atoms with E-state index >= 15 is 0 Å². The van der Waals surface area contributed by atoms with Crippen molar-refractivity contribution in [1.82, 2.24) is 14.8 Å². The first-order valence-corrected chi connectivity index (χ1v) is 11.7. The molecule has 176 valence electrons. The number of ether oxygens (including phenoxy) is 1. The second-order valence-electron chi connectivity index (χ2n) is 9.10. The first-order chi connectivity index (χ1) is 15.4. The normalized spacial score (nSPS) is 17.3. The molecule has 8 heteroatoms. The van der Waals surface area contributed by atoms with Gasteiger partial charge in [-0.25, -0.2) is 4.39 Å². The number of aromatic nitrogens is 1. The van der Waals surface area contributed by atoms with Crippen molar-refractivity contribution in [1.29, 1.82) is 0 Å². The average Bonchev–Trinajstić information content (AvgIpc) is 3.55. The van der Waals surface area contributed by atoms with Crippen LogP contribution >= 0.6 is 0 Å². The quantitative estimate of drug-likeness (QED) is 0.520. The van der Waals surface area contributed by atoms with E-state index in [2.05, 4.69) is 15.1 Å². The van der Waals surface area contributed by atoms with Crippen LogP contribution in [0, 0.1) is 5.82 Å². The number of nitrogens with zero attached hydrogens (tertiary/aromatic N) is 3. The largest absolute Gasteiger partial charge is 0.494 e. The van der Waals surface area contributed by atoms with E-state index in [1.54, 1.807) is 16.7 Å². The fraction of sp³-hybridized carbons (Fsp3) is 0.583. The van der Waals surface area contributed by atoms with Crippen LogP contribution in [0.2, 0.25) is 0 Å². The average molecular weight is 447 g/mol. The number of hydrogen-bond acceptors (Lipinski definition) is 6. The Morgan fingerprint density at radius 1 is 1.12 bits per heavy atom. The Kier molecular flexibility index (Phi) is 7.10. The molecule has 7 nitrogen and oxygen atoms in total. The van der Waals surface area contributed by atoms with E-state index in [1.165, 1.54) is 18.9 Å². The zero-order valence-electron chi connectivity index (χ0n) is 19.1. The molecule has 1 aliphatic heterocycles. The summed E-state index contributed by atoms with van der Waals surface area (Å²) in [6, 6.07) is 7.30. The zero-order chi connectivity index (χ0) is 22.7. The van der Waals surface area contributed by atoms with Gasteiger partial charge >= 0.3 is 0 Å². The molecule has 0 spiro atoms. The second kappa shape index (κ2) is 10.0. The van der Waals surface area contributed by atoms with Crippen molar-refractivity contribution in [3.63, 3.8) is 0 Å². The van der Waals surface area contributed by atoms with E-state index in [0.29, 0.717) is 24.9 Å². The van der Waals surface area contributed by atoms with Gasteiger partial charge in [-0.15, -0.1) is 0 Å². The van der Waals surface area contributed by atoms with Gasteiger partial charge in [-0.3, -0.25) is 9.47 Å². The van der Waals surface area contributed by atoms with E-state index in [-0.39, 0.29) is 23.7 Å². The number of piperazine rings is 1. The van der Waals surface area contributed by atoms with Crippen LogP contribution in [0.3, 0.4) is 0 Å². The van der Waals surface area contributed by atoms with Gasteiger partial charge in [0.2, 0.25) is 0 Å². The minimum atomic E-state index is -0.323. The van der Waals surface area contributed by atoms with Crippen LogP contribution in [0.25, 0.3) is 0 Å². The number of benzene rings is 1. The second-order valence-corrected chi connectivity index (χ2v) is 9.10. The van der Waals surface area contributed by atoms with Crippen molar-refractivity contribution in [3.8, 4) is 17.5 Å². The smallest absolute Gasteiger partial charge is 0.198 e. The maximum atomic E-state index is 14.3. The molecule has 1 saturated carbocycles. The monoisotopic (exact) mass is 446 g/mol. The van der Waals surface area contributed by atoms with Crippen molar-refractivity contribution in [3.05, 3.63) is 35.6 Å². The lowest BCUT2D eigenvalue weighted by atomic mass is 10.2. The number of anilines is 1. The zero-order valence-corrected chi connectivity index (χ0v) is 19.1. The Morgan fingerprint density at radius 2 is 1.88 bits per heavy atom. The Balaban J connectivity index is 1.26. The Hall–Kier alpha value is -2.45. The lowest BCUT2D eigenvalue weighted by molar-refractivity contribution is 0.226. The summed E-state index contributed by atoms with van der Waals surface area (Å²) in [6.07, 6.45) is 3.11. The van der Waals surface area contributed by atoms with E-state index in [1.807, 2.05) is 19.9 Å². The standard InChI is InChI=1S/C24H35FN4O3/c1-17(2)32-23-20(25)5-3-6-21(23)28-13-11-27(12-14-28)9-4-10-29-22(30)15-18(24(29)31)16-26-19-7-8-19/h3,5-6,15,17,19,26,30-31H,4,7-14,16H2,1-2H3. The van der Waals surface area contributed by atoms with Crippen molar-refractivity contribution in [2.24, 2.45) is 0 Å². The first kappa shape index (κ1) is 22.7. The molecule has 1 aliphatic carbocycles. The van der Waals surface area contributed by atoms with Gasteiger partial charge in [0.15, 0.2) is 23.3 Å². The molecule has 0 radical (unpaired) electrons. The van der Waals surface area contributed by atoms with E-state index < -0.39 is 0 Å². The van der Waals surface area contributed by atoms with Crippen LogP contribution < -0.4 is 15.0 Å². The lowest BCUT2D eigenvalue weighted by Gasteiger charge is -2.37. The lowest BCUT2D eigenvalue weighted by Crippen LogP contribution is -2.47. The van der Waals surface area contributed by atoms with Crippen LogP contribution in [-0.2, 0) is 13.1 Å². The summed E-state index contributed by atoms with van der Waals surface area (Å²) in [4.78, 5) is 4.55. The Labute approximate surface area is 189 Å². The SMILES string of the molecule is CC(C)Oc1c(F)cccc1N1CCN(CCCn2c(O)cc(CNC3CC3)c2O)CC1. The molecule has 0 bridgehead atoms. The summed E-state index contributed by atoms with van der Waals surface area (Å²) in [7, 11) is 0. The molecule has 2 aliphatic rings. The number of para-hydroxylation sites is 1. The molecule has 1 aromatic carbocycles. The van der Waals surface area contributed by atoms with Gasteiger partial charge in [0.1, 0.15) is 0 Å². The number of aromatic hydroxyl groups is 2. The molecular weight excluding hydrogens is 411 g/mol. The number of halogens is 1. The molecule has 0 unspecified atom stereocenters. The third-order valence-corrected chi connectivity index (χ3v) is 6.15. The third kappa shape index (κ3) is 5.48. The number of nitrogens with one attached hydrogen (secondary N) is 1. The van der Waals surface area contributed by atoms with Crippen molar-refractivity contribution < 1.29 is 19.3 Å². The fourth-order valence-electron chi connectivity index (χ4n) is 4.24. The van der Waals surface area contributed by atoms with Gasteiger partial charge in [0.05, 0.1) is 11.8 Å². The van der Waals surface area contributed by atoms with E-state index in [9.17, 15) is 14.6 Å². The molecule has 2 fully saturated rings. The van der Waals surface area contributed by atoms with Gasteiger partial charge in [-0.1, -0.05) is 6.07 Å². The Morgan fingerprint density at radius 3 is 2.56 bits per heavy atom. The van der Waals surface area contributed by atoms with E-state index in [4.69, 9.17) is 4.74 Å². The molecular formula is C24H35FN4O3. The summed E-state index contributed by atoms with van der Waals surface area (Å²) in [5, 5.41) is 24.0. The van der Waals surface area contributed by atoms with Crippen molar-refractivity contribution in [2.75, 3.05) is 37.6 Å². The highest BCUT2D eigenvalue weighted by Gasteiger charge is 2.23. The molecule has 32 heavy (non-hydrogen) atoms. The van der Waals surface area contributed by atoms with Crippen LogP contribution in [-0.4, -0.2) is 64.5 Å². The number of hydrogen-bond donors (Lipinski definition) is 3. The predicted molar refractivity (Wildman–Crippen MR) is 123 cm³/mol. The summed E-state index contributed by atoms with van der Waals surface area (Å²) in [5.41, 5.74) is 1.56. The van der Waals surface area contributed by atoms with Gasteiger partial charge < -0.3 is 25.2 Å². The first-order valence-electron chi connectivity index (χ1n) is 11.7. The van der Waals surface area contributed by atoms with Crippen LogP contribution in [0.5, 0.6) is 17.5 Å². The van der Waals surface area contributed by atoms with Gasteiger partial charge in [-0.05, 0) is 51.8 Å². The van der Waals surface area contributed by atoms with E-state index in [0.717, 1.165) is 50.4 Å². The predicted octanol–water partition coefficient (Wildman–Crippen LogP) is 3.29. The van der Waals surface area contributed by atoms with Crippen LogP contribution in [0.15, 0.2) is 24.3 Å². The van der Waals surface area contributed by atoms with Crippen molar-refractivity contribution >= 4 is 5.69 Å². The van der Waals surface area contributed by atoms with Gasteiger partial charge in [0.25, 0.3) is 0 Å². The summed E-state index contributed by atoms with van der Waals surface area (Å²) in [6.45, 7) is 9.18. The fourth-order valence-corrected chi connectivity index (χ4v) is 4.24. The summed E-state index contributed by atoms with van der Waals surface area (Å²) >= 11 is 0. The molecule has 4 rings (SSSR count). The summed E-state index contributed by atoms with van der Waals surface area (Å²) in [5.74, 6) is 0.283. The van der Waals surface area contributed by atoms with Gasteiger partial charge in [-0.2, -0.15) is 0 Å². The molecule has 0 atom stereocenters. The minimum absolute atomic E-state index is 0.0848.